The minimum absolute atomic E-state index is 0.291. The minimum atomic E-state index is 0.291. The van der Waals surface area contributed by atoms with Crippen LogP contribution in [0.4, 0.5) is 0 Å². The van der Waals surface area contributed by atoms with E-state index < -0.39 is 0 Å². The number of nitrogens with two attached hydrogens (primary N) is 1. The summed E-state index contributed by atoms with van der Waals surface area (Å²) in [5.41, 5.74) is 6.59. The zero-order valence-corrected chi connectivity index (χ0v) is 7.65. The molecule has 0 atom stereocenters. The van der Waals surface area contributed by atoms with Crippen molar-refractivity contribution in [3.8, 4) is 6.07 Å². The molecular weight excluding hydrogens is 195 g/mol. The molecule has 0 aromatic heterocycles. The second-order valence-electron chi connectivity index (χ2n) is 2.24. The SMILES string of the molecule is N#Cc1cc(Cl)c(Cl)cc1CN. The third-order valence-electron chi connectivity index (χ3n) is 1.49. The molecule has 0 radical (unpaired) electrons. The number of hydrogen-bond acceptors (Lipinski definition) is 2. The number of rotatable bonds is 1. The number of nitriles is 1. The fraction of sp³-hybridized carbons (Fsp3) is 0.125. The van der Waals surface area contributed by atoms with Gasteiger partial charge in [-0.05, 0) is 17.7 Å². The van der Waals surface area contributed by atoms with Crippen molar-refractivity contribution in [1.82, 2.24) is 0 Å². The molecule has 0 spiro atoms. The molecule has 2 nitrogen and oxygen atoms in total. The molecule has 0 aliphatic heterocycles. The Balaban J connectivity index is 3.31. The highest BCUT2D eigenvalue weighted by atomic mass is 35.5. The highest BCUT2D eigenvalue weighted by Gasteiger charge is 2.04. The lowest BCUT2D eigenvalue weighted by Gasteiger charge is -2.02. The van der Waals surface area contributed by atoms with Crippen molar-refractivity contribution in [2.45, 2.75) is 6.54 Å². The average molecular weight is 201 g/mol. The molecule has 62 valence electrons. The maximum atomic E-state index is 8.66. The second-order valence-corrected chi connectivity index (χ2v) is 3.05. The Labute approximate surface area is 80.5 Å². The summed E-state index contributed by atoms with van der Waals surface area (Å²) < 4.78 is 0. The van der Waals surface area contributed by atoms with Gasteiger partial charge in [-0.1, -0.05) is 23.2 Å². The standard InChI is InChI=1S/C8H6Cl2N2/c9-7-1-5(3-11)6(4-12)2-8(7)10/h1-2H,3,11H2. The van der Waals surface area contributed by atoms with Gasteiger partial charge in [0.15, 0.2) is 0 Å². The summed E-state index contributed by atoms with van der Waals surface area (Å²) in [6, 6.07) is 5.12. The van der Waals surface area contributed by atoms with E-state index in [1.54, 1.807) is 6.07 Å². The molecule has 0 bridgehead atoms. The molecule has 0 amide bonds. The van der Waals surface area contributed by atoms with E-state index in [9.17, 15) is 0 Å². The Hall–Kier alpha value is -0.750. The van der Waals surface area contributed by atoms with Gasteiger partial charge in [-0.25, -0.2) is 0 Å². The molecule has 0 unspecified atom stereocenters. The lowest BCUT2D eigenvalue weighted by molar-refractivity contribution is 1.06. The van der Waals surface area contributed by atoms with Gasteiger partial charge < -0.3 is 5.73 Å². The van der Waals surface area contributed by atoms with E-state index in [1.165, 1.54) is 6.07 Å². The van der Waals surface area contributed by atoms with Crippen molar-refractivity contribution in [3.63, 3.8) is 0 Å². The van der Waals surface area contributed by atoms with Gasteiger partial charge in [0.2, 0.25) is 0 Å². The van der Waals surface area contributed by atoms with Crippen molar-refractivity contribution in [2.75, 3.05) is 0 Å². The van der Waals surface area contributed by atoms with E-state index in [2.05, 4.69) is 0 Å². The van der Waals surface area contributed by atoms with Gasteiger partial charge in [-0.15, -0.1) is 0 Å². The quantitative estimate of drug-likeness (QED) is 0.757. The largest absolute Gasteiger partial charge is 0.326 e. The van der Waals surface area contributed by atoms with E-state index in [4.69, 9.17) is 34.2 Å². The van der Waals surface area contributed by atoms with E-state index in [0.717, 1.165) is 0 Å². The first-order valence-electron chi connectivity index (χ1n) is 3.27. The summed E-state index contributed by atoms with van der Waals surface area (Å²) in [7, 11) is 0. The van der Waals surface area contributed by atoms with Crippen LogP contribution in [0.15, 0.2) is 12.1 Å². The first-order valence-corrected chi connectivity index (χ1v) is 4.02. The lowest BCUT2D eigenvalue weighted by atomic mass is 10.1. The summed E-state index contributed by atoms with van der Waals surface area (Å²) >= 11 is 11.4. The number of halogens is 2. The van der Waals surface area contributed by atoms with Crippen LogP contribution in [-0.2, 0) is 6.54 Å². The lowest BCUT2D eigenvalue weighted by Crippen LogP contribution is -1.99. The molecule has 0 saturated carbocycles. The molecular formula is C8H6Cl2N2. The van der Waals surface area contributed by atoms with Crippen molar-refractivity contribution < 1.29 is 0 Å². The molecule has 0 aliphatic rings. The molecule has 12 heavy (non-hydrogen) atoms. The summed E-state index contributed by atoms with van der Waals surface area (Å²) in [6.07, 6.45) is 0. The van der Waals surface area contributed by atoms with Crippen LogP contribution in [0, 0.1) is 11.3 Å². The zero-order chi connectivity index (χ0) is 9.14. The normalized spacial score (nSPS) is 9.50. The van der Waals surface area contributed by atoms with Crippen LogP contribution < -0.4 is 5.73 Å². The Bertz CT molecular complexity index is 342. The zero-order valence-electron chi connectivity index (χ0n) is 6.14. The molecule has 0 aliphatic carbocycles. The summed E-state index contributed by atoms with van der Waals surface area (Å²) in [5, 5.41) is 9.46. The van der Waals surface area contributed by atoms with E-state index in [1.807, 2.05) is 6.07 Å². The van der Waals surface area contributed by atoms with Crippen molar-refractivity contribution in [3.05, 3.63) is 33.3 Å². The smallest absolute Gasteiger partial charge is 0.0995 e. The van der Waals surface area contributed by atoms with Crippen LogP contribution >= 0.6 is 23.2 Å². The van der Waals surface area contributed by atoms with Gasteiger partial charge in [0.25, 0.3) is 0 Å². The monoisotopic (exact) mass is 200 g/mol. The Kier molecular flexibility index (Phi) is 2.93. The van der Waals surface area contributed by atoms with Gasteiger partial charge in [0.1, 0.15) is 0 Å². The van der Waals surface area contributed by atoms with Gasteiger partial charge in [0.05, 0.1) is 21.7 Å². The molecule has 1 aromatic rings. The van der Waals surface area contributed by atoms with Crippen LogP contribution in [0.3, 0.4) is 0 Å². The van der Waals surface area contributed by atoms with E-state index >= 15 is 0 Å². The van der Waals surface area contributed by atoms with Crippen LogP contribution in [0.5, 0.6) is 0 Å². The van der Waals surface area contributed by atoms with Gasteiger partial charge in [-0.3, -0.25) is 0 Å². The van der Waals surface area contributed by atoms with Gasteiger partial charge in [0, 0.05) is 6.54 Å². The number of benzene rings is 1. The fourth-order valence-electron chi connectivity index (χ4n) is 0.861. The highest BCUT2D eigenvalue weighted by molar-refractivity contribution is 6.42. The predicted octanol–water partition coefficient (Wildman–Crippen LogP) is 2.32. The average Bonchev–Trinajstić information content (AvgIpc) is 2.09. The Morgan fingerprint density at radius 1 is 1.33 bits per heavy atom. The van der Waals surface area contributed by atoms with Crippen molar-refractivity contribution in [2.24, 2.45) is 5.73 Å². The Morgan fingerprint density at radius 3 is 2.42 bits per heavy atom. The summed E-state index contributed by atoms with van der Waals surface area (Å²) in [5.74, 6) is 0. The summed E-state index contributed by atoms with van der Waals surface area (Å²) in [4.78, 5) is 0. The van der Waals surface area contributed by atoms with Gasteiger partial charge >= 0.3 is 0 Å². The third-order valence-corrected chi connectivity index (χ3v) is 2.21. The van der Waals surface area contributed by atoms with Crippen LogP contribution in [-0.4, -0.2) is 0 Å². The third kappa shape index (κ3) is 1.70. The molecule has 4 heteroatoms. The molecule has 2 N–H and O–H groups in total. The molecule has 1 aromatic carbocycles. The number of hydrogen-bond donors (Lipinski definition) is 1. The number of nitrogens with zero attached hydrogens (tertiary/aromatic N) is 1. The predicted molar refractivity (Wildman–Crippen MR) is 49.1 cm³/mol. The van der Waals surface area contributed by atoms with Crippen LogP contribution in [0.1, 0.15) is 11.1 Å². The highest BCUT2D eigenvalue weighted by Crippen LogP contribution is 2.25. The second kappa shape index (κ2) is 3.77. The minimum Gasteiger partial charge on any atom is -0.326 e. The van der Waals surface area contributed by atoms with E-state index in [0.29, 0.717) is 27.7 Å². The molecule has 0 heterocycles. The van der Waals surface area contributed by atoms with Gasteiger partial charge in [-0.2, -0.15) is 5.26 Å². The van der Waals surface area contributed by atoms with Crippen molar-refractivity contribution in [1.29, 1.82) is 5.26 Å². The fourth-order valence-corrected chi connectivity index (χ4v) is 1.21. The molecule has 1 rings (SSSR count). The molecule has 0 fully saturated rings. The van der Waals surface area contributed by atoms with Crippen LogP contribution in [0.2, 0.25) is 10.0 Å². The maximum Gasteiger partial charge on any atom is 0.0995 e. The Morgan fingerprint density at radius 2 is 1.92 bits per heavy atom. The maximum absolute atomic E-state index is 8.66. The summed E-state index contributed by atoms with van der Waals surface area (Å²) in [6.45, 7) is 0.291. The topological polar surface area (TPSA) is 49.8 Å². The van der Waals surface area contributed by atoms with E-state index in [-0.39, 0.29) is 0 Å². The van der Waals surface area contributed by atoms with Crippen LogP contribution in [0.25, 0.3) is 0 Å². The first-order chi connectivity index (χ1) is 5.69. The molecule has 0 saturated heterocycles. The first kappa shape index (κ1) is 9.34. The van der Waals surface area contributed by atoms with Crippen molar-refractivity contribution >= 4 is 23.2 Å².